The molecule has 0 radical (unpaired) electrons. The standard InChI is InChI=1S/C52H42Cl2N8O8/c53-37-18-30(68-27-5-2-1-3-6-27)9-11-33(37)45(64)36-23-56-48-42(36)44-40(25-58-48)60-50(67)52(62-44)16-14-32(21-52)70-29-8-4-7-28(17-29)69-31-10-12-34(38(54)19-31)46(65)35-22-55-47-41(35)43-39(24-57-47)59-49(66)51(61-43)15-13-26(63)20-51/h1-12,17-19,22-26,32,49,59,61-63,66H,13-16,20-21H2,(H,55,57)(H,56,58)(H,60,67)/t26-,32+,49?,51-,52+/m1/s1. The van der Waals surface area contributed by atoms with Gasteiger partial charge in [0.25, 0.3) is 0 Å². The van der Waals surface area contributed by atoms with Crippen LogP contribution in [0.15, 0.2) is 116 Å². The average Bonchev–Trinajstić information content (AvgIpc) is 4.16. The largest absolute Gasteiger partial charge is 0.490 e. The number of hydrogen-bond acceptors (Lipinski definition) is 13. The maximum Gasteiger partial charge on any atom is 0.250 e. The van der Waals surface area contributed by atoms with Gasteiger partial charge < -0.3 is 55.7 Å². The van der Waals surface area contributed by atoms with Gasteiger partial charge in [-0.05, 0) is 74.2 Å². The van der Waals surface area contributed by atoms with Gasteiger partial charge in [0.05, 0.1) is 78.7 Å². The molecule has 2 aliphatic carbocycles. The number of aromatic nitrogens is 4. The second-order valence-electron chi connectivity index (χ2n) is 18.2. The molecule has 4 aromatic carbocycles. The quantitative estimate of drug-likeness (QED) is 0.0598. The summed E-state index contributed by atoms with van der Waals surface area (Å²) in [4.78, 5) is 57.4. The van der Waals surface area contributed by atoms with Gasteiger partial charge >= 0.3 is 0 Å². The SMILES string of the molecule is O=C(c1ccc(Oc2ccccc2)cc1Cl)c1c[nH]c2ncc3c(c12)N[C@]1(CC[C@H](Oc2cccc(Oc4ccc(C(=O)c5c[nH]c6ncc7c(c56)N[C@@]5(CC[C@@H](O)C5)C(O)N7)c(Cl)c4)c2)C1)C(=O)N3. The highest BCUT2D eigenvalue weighted by molar-refractivity contribution is 6.36. The van der Waals surface area contributed by atoms with Crippen molar-refractivity contribution in [1.29, 1.82) is 0 Å². The Hall–Kier alpha value is -7.63. The lowest BCUT2D eigenvalue weighted by Gasteiger charge is -2.42. The van der Waals surface area contributed by atoms with Gasteiger partial charge in [0, 0.05) is 54.6 Å². The maximum atomic E-state index is 14.2. The number of halogens is 2. The number of amides is 1. The van der Waals surface area contributed by atoms with Crippen molar-refractivity contribution in [1.82, 2.24) is 19.9 Å². The third kappa shape index (κ3) is 7.51. The van der Waals surface area contributed by atoms with E-state index in [1.807, 2.05) is 36.4 Å². The van der Waals surface area contributed by atoms with Crippen molar-refractivity contribution in [2.45, 2.75) is 68.0 Å². The average molecular weight is 978 g/mol. The minimum absolute atomic E-state index is 0.172. The lowest BCUT2D eigenvalue weighted by atomic mass is 9.90. The van der Waals surface area contributed by atoms with E-state index in [1.54, 1.807) is 79.4 Å². The summed E-state index contributed by atoms with van der Waals surface area (Å²) in [5, 5.41) is 35.9. The molecule has 12 rings (SSSR count). The van der Waals surface area contributed by atoms with E-state index in [2.05, 4.69) is 41.2 Å². The Kier molecular flexibility index (Phi) is 10.5. The zero-order chi connectivity index (χ0) is 47.9. The van der Waals surface area contributed by atoms with Crippen LogP contribution in [-0.4, -0.2) is 77.1 Å². The Balaban J connectivity index is 0.735. The normalized spacial score (nSPS) is 22.2. The van der Waals surface area contributed by atoms with E-state index in [4.69, 9.17) is 37.4 Å². The van der Waals surface area contributed by atoms with Gasteiger partial charge in [0.2, 0.25) is 5.91 Å². The summed E-state index contributed by atoms with van der Waals surface area (Å²) in [6, 6.07) is 26.2. The van der Waals surface area contributed by atoms with Crippen LogP contribution < -0.4 is 35.5 Å². The number of nitrogens with one attached hydrogen (secondary N) is 6. The van der Waals surface area contributed by atoms with Gasteiger partial charge in [-0.15, -0.1) is 0 Å². The Morgan fingerprint density at radius 2 is 1.24 bits per heavy atom. The Bertz CT molecular complexity index is 3460. The van der Waals surface area contributed by atoms with Gasteiger partial charge in [-0.25, -0.2) is 9.97 Å². The van der Waals surface area contributed by atoms with Gasteiger partial charge in [-0.2, -0.15) is 0 Å². The Morgan fingerprint density at radius 1 is 0.643 bits per heavy atom. The number of benzene rings is 4. The number of aliphatic hydroxyl groups excluding tert-OH is 2. The summed E-state index contributed by atoms with van der Waals surface area (Å²) < 4.78 is 18.6. The van der Waals surface area contributed by atoms with Crippen LogP contribution in [0.25, 0.3) is 22.1 Å². The molecule has 0 saturated heterocycles. The van der Waals surface area contributed by atoms with Crippen molar-refractivity contribution < 1.29 is 38.8 Å². The molecule has 2 saturated carbocycles. The van der Waals surface area contributed by atoms with Crippen LogP contribution in [0, 0.1) is 0 Å². The van der Waals surface area contributed by atoms with Gasteiger partial charge in [0.15, 0.2) is 11.6 Å². The number of anilines is 4. The molecule has 1 amide bonds. The number of para-hydroxylation sites is 1. The van der Waals surface area contributed by atoms with E-state index in [1.165, 1.54) is 0 Å². The third-order valence-corrected chi connectivity index (χ3v) is 14.4. The van der Waals surface area contributed by atoms with E-state index in [0.29, 0.717) is 123 Å². The highest BCUT2D eigenvalue weighted by Crippen LogP contribution is 2.47. The van der Waals surface area contributed by atoms with E-state index < -0.39 is 23.4 Å². The fourth-order valence-corrected chi connectivity index (χ4v) is 10.8. The van der Waals surface area contributed by atoms with E-state index in [-0.39, 0.29) is 44.7 Å². The molecule has 0 bridgehead atoms. The monoisotopic (exact) mass is 976 g/mol. The minimum Gasteiger partial charge on any atom is -0.490 e. The molecular weight excluding hydrogens is 936 g/mol. The maximum absolute atomic E-state index is 14.2. The molecule has 16 nitrogen and oxygen atoms in total. The first-order valence-electron chi connectivity index (χ1n) is 22.8. The molecule has 70 heavy (non-hydrogen) atoms. The number of hydrogen-bond donors (Lipinski definition) is 8. The van der Waals surface area contributed by atoms with Crippen molar-refractivity contribution in [3.63, 3.8) is 0 Å². The Labute approximate surface area is 408 Å². The number of ketones is 2. The fourth-order valence-electron chi connectivity index (χ4n) is 10.3. The molecule has 352 valence electrons. The molecule has 2 aliphatic heterocycles. The van der Waals surface area contributed by atoms with Crippen LogP contribution in [0.5, 0.6) is 28.7 Å². The van der Waals surface area contributed by atoms with E-state index in [9.17, 15) is 24.6 Å². The highest BCUT2D eigenvalue weighted by Gasteiger charge is 2.50. The number of rotatable bonds is 10. The first-order chi connectivity index (χ1) is 33.9. The summed E-state index contributed by atoms with van der Waals surface area (Å²) in [6.07, 6.45) is 7.24. The number of aliphatic hydroxyl groups is 2. The molecule has 2 spiro atoms. The first-order valence-corrected chi connectivity index (χ1v) is 23.5. The number of pyridine rings is 2. The zero-order valence-electron chi connectivity index (χ0n) is 36.9. The van der Waals surface area contributed by atoms with Crippen molar-refractivity contribution in [3.8, 4) is 28.7 Å². The summed E-state index contributed by atoms with van der Waals surface area (Å²) in [5.41, 5.74) is 2.48. The predicted octanol–water partition coefficient (Wildman–Crippen LogP) is 9.97. The smallest absolute Gasteiger partial charge is 0.250 e. The molecule has 4 aliphatic rings. The molecule has 8 aromatic rings. The fraction of sp³-hybridized carbons (Fsp3) is 0.212. The number of carbonyl (C=O) groups excluding carboxylic acids is 3. The van der Waals surface area contributed by atoms with E-state index >= 15 is 0 Å². The molecule has 8 N–H and O–H groups in total. The molecule has 2 fully saturated rings. The number of nitrogens with zero attached hydrogens (tertiary/aromatic N) is 2. The third-order valence-electron chi connectivity index (χ3n) is 13.8. The number of H-pyrrole nitrogens is 2. The van der Waals surface area contributed by atoms with E-state index in [0.717, 1.165) is 0 Å². The number of aromatic amines is 2. The van der Waals surface area contributed by atoms with Crippen molar-refractivity contribution in [2.24, 2.45) is 0 Å². The number of ether oxygens (including phenoxy) is 3. The molecule has 1 unspecified atom stereocenters. The molecule has 5 atom stereocenters. The lowest BCUT2D eigenvalue weighted by molar-refractivity contribution is -0.120. The molecule has 6 heterocycles. The molecule has 18 heteroatoms. The van der Waals surface area contributed by atoms with Crippen LogP contribution >= 0.6 is 23.2 Å². The summed E-state index contributed by atoms with van der Waals surface area (Å²) in [6.45, 7) is 0. The lowest BCUT2D eigenvalue weighted by Crippen LogP contribution is -2.54. The molecular formula is C52H42Cl2N8O8. The molecule has 4 aromatic heterocycles. The van der Waals surface area contributed by atoms with Crippen molar-refractivity contribution >= 4 is 85.5 Å². The highest BCUT2D eigenvalue weighted by atomic mass is 35.5. The van der Waals surface area contributed by atoms with Gasteiger partial charge in [0.1, 0.15) is 57.9 Å². The van der Waals surface area contributed by atoms with Crippen molar-refractivity contribution in [3.05, 3.63) is 148 Å². The second kappa shape index (κ2) is 16.8. The number of carbonyl (C=O) groups is 3. The van der Waals surface area contributed by atoms with Crippen LogP contribution in [0.2, 0.25) is 10.0 Å². The minimum atomic E-state index is -1.04. The summed E-state index contributed by atoms with van der Waals surface area (Å²) in [5.74, 6) is 1.60. The van der Waals surface area contributed by atoms with Crippen LogP contribution in [0.1, 0.15) is 70.4 Å². The van der Waals surface area contributed by atoms with Crippen LogP contribution in [0.4, 0.5) is 22.7 Å². The van der Waals surface area contributed by atoms with Crippen LogP contribution in [0.3, 0.4) is 0 Å². The van der Waals surface area contributed by atoms with Gasteiger partial charge in [-0.1, -0.05) is 47.5 Å². The zero-order valence-corrected chi connectivity index (χ0v) is 38.5. The first kappa shape index (κ1) is 43.6. The summed E-state index contributed by atoms with van der Waals surface area (Å²) in [7, 11) is 0. The second-order valence-corrected chi connectivity index (χ2v) is 19.1. The summed E-state index contributed by atoms with van der Waals surface area (Å²) >= 11 is 13.5. The van der Waals surface area contributed by atoms with Gasteiger partial charge in [-0.3, -0.25) is 14.4 Å². The number of fused-ring (bicyclic) bond motifs is 6. The van der Waals surface area contributed by atoms with Crippen molar-refractivity contribution in [2.75, 3.05) is 21.3 Å². The topological polar surface area (TPSA) is 225 Å². The Morgan fingerprint density at radius 3 is 1.89 bits per heavy atom. The van der Waals surface area contributed by atoms with Crippen LogP contribution in [-0.2, 0) is 4.79 Å². The predicted molar refractivity (Wildman–Crippen MR) is 264 cm³/mol.